The molecule has 0 aliphatic heterocycles. The number of halogens is 2. The van der Waals surface area contributed by atoms with Gasteiger partial charge in [-0.3, -0.25) is 4.98 Å². The zero-order valence-corrected chi connectivity index (χ0v) is 18.7. The van der Waals surface area contributed by atoms with Crippen molar-refractivity contribution in [3.05, 3.63) is 111 Å². The van der Waals surface area contributed by atoms with E-state index in [1.165, 1.54) is 11.1 Å². The minimum absolute atomic E-state index is 0.0423. The molecule has 0 radical (unpaired) electrons. The molecule has 0 spiro atoms. The smallest absolute Gasteiger partial charge is 0.0884 e. The standard InChI is InChI=1S/C25H20BrClN2O/c1-16-4-2-3-5-20(16)23(17-6-8-18(26)9-7-17)15-25(29-30)22-12-13-28-24-14-19(27)10-11-21(22)24/h2-14,23,30H,15H2,1H3. The molecule has 30 heavy (non-hydrogen) atoms. The summed E-state index contributed by atoms with van der Waals surface area (Å²) in [7, 11) is 0. The van der Waals surface area contributed by atoms with Gasteiger partial charge in [0.2, 0.25) is 0 Å². The van der Waals surface area contributed by atoms with Gasteiger partial charge in [-0.25, -0.2) is 0 Å². The van der Waals surface area contributed by atoms with Crippen LogP contribution < -0.4 is 0 Å². The molecule has 4 aromatic rings. The van der Waals surface area contributed by atoms with E-state index >= 15 is 0 Å². The molecule has 1 heterocycles. The second-order valence-corrected chi connectivity index (χ2v) is 8.58. The van der Waals surface area contributed by atoms with Crippen LogP contribution in [0.15, 0.2) is 88.6 Å². The number of pyridine rings is 1. The van der Waals surface area contributed by atoms with Gasteiger partial charge < -0.3 is 5.21 Å². The second kappa shape index (κ2) is 8.99. The predicted molar refractivity (Wildman–Crippen MR) is 127 cm³/mol. The number of aryl methyl sites for hydroxylation is 1. The van der Waals surface area contributed by atoms with Gasteiger partial charge in [-0.05, 0) is 53.9 Å². The van der Waals surface area contributed by atoms with Crippen LogP contribution >= 0.6 is 27.5 Å². The Kier molecular flexibility index (Phi) is 6.16. The number of aromatic nitrogens is 1. The third-order valence-corrected chi connectivity index (χ3v) is 6.13. The summed E-state index contributed by atoms with van der Waals surface area (Å²) < 4.78 is 1.03. The van der Waals surface area contributed by atoms with Crippen molar-refractivity contribution in [2.75, 3.05) is 0 Å². The molecule has 0 aliphatic carbocycles. The van der Waals surface area contributed by atoms with Crippen LogP contribution in [0.4, 0.5) is 0 Å². The van der Waals surface area contributed by atoms with E-state index in [-0.39, 0.29) is 5.92 Å². The van der Waals surface area contributed by atoms with Crippen LogP contribution in [0.25, 0.3) is 10.9 Å². The maximum absolute atomic E-state index is 9.98. The number of fused-ring (bicyclic) bond motifs is 1. The molecule has 4 rings (SSSR count). The largest absolute Gasteiger partial charge is 0.411 e. The molecule has 1 unspecified atom stereocenters. The van der Waals surface area contributed by atoms with E-state index in [9.17, 15) is 5.21 Å². The highest BCUT2D eigenvalue weighted by Crippen LogP contribution is 2.33. The van der Waals surface area contributed by atoms with Crippen molar-refractivity contribution in [1.82, 2.24) is 4.98 Å². The van der Waals surface area contributed by atoms with E-state index in [0.717, 1.165) is 26.5 Å². The highest BCUT2D eigenvalue weighted by atomic mass is 79.9. The van der Waals surface area contributed by atoms with Gasteiger partial charge >= 0.3 is 0 Å². The summed E-state index contributed by atoms with van der Waals surface area (Å²) >= 11 is 9.65. The van der Waals surface area contributed by atoms with Crippen molar-refractivity contribution in [2.24, 2.45) is 5.16 Å². The van der Waals surface area contributed by atoms with Crippen LogP contribution in [-0.2, 0) is 0 Å². The second-order valence-electron chi connectivity index (χ2n) is 7.23. The molecule has 1 atom stereocenters. The summed E-state index contributed by atoms with van der Waals surface area (Å²) in [4.78, 5) is 4.41. The predicted octanol–water partition coefficient (Wildman–Crippen LogP) is 7.36. The van der Waals surface area contributed by atoms with E-state index < -0.39 is 0 Å². The Bertz CT molecular complexity index is 1220. The summed E-state index contributed by atoms with van der Waals surface area (Å²) in [5.41, 5.74) is 5.82. The molecule has 0 saturated heterocycles. The Hall–Kier alpha value is -2.69. The van der Waals surface area contributed by atoms with Crippen molar-refractivity contribution >= 4 is 44.1 Å². The number of rotatable bonds is 5. The van der Waals surface area contributed by atoms with Gasteiger partial charge in [0, 0.05) is 39.0 Å². The summed E-state index contributed by atoms with van der Waals surface area (Å²) in [6.45, 7) is 2.11. The van der Waals surface area contributed by atoms with Gasteiger partial charge in [0.25, 0.3) is 0 Å². The lowest BCUT2D eigenvalue weighted by Crippen LogP contribution is -2.12. The van der Waals surface area contributed by atoms with Crippen molar-refractivity contribution in [3.63, 3.8) is 0 Å². The van der Waals surface area contributed by atoms with Crippen molar-refractivity contribution in [1.29, 1.82) is 0 Å². The third-order valence-electron chi connectivity index (χ3n) is 5.37. The molecule has 0 saturated carbocycles. The monoisotopic (exact) mass is 478 g/mol. The van der Waals surface area contributed by atoms with Gasteiger partial charge in [-0.1, -0.05) is 75.2 Å². The first-order valence-electron chi connectivity index (χ1n) is 9.63. The lowest BCUT2D eigenvalue weighted by atomic mass is 9.83. The summed E-state index contributed by atoms with van der Waals surface area (Å²) in [6, 6.07) is 24.1. The molecule has 0 amide bonds. The molecular formula is C25H20BrClN2O. The van der Waals surface area contributed by atoms with Gasteiger partial charge in [0.05, 0.1) is 11.2 Å². The molecule has 150 valence electrons. The Morgan fingerprint density at radius 2 is 1.83 bits per heavy atom. The Morgan fingerprint density at radius 3 is 2.57 bits per heavy atom. The lowest BCUT2D eigenvalue weighted by Gasteiger charge is -2.21. The van der Waals surface area contributed by atoms with E-state index in [2.05, 4.69) is 57.3 Å². The third kappa shape index (κ3) is 4.25. The number of nitrogens with zero attached hydrogens (tertiary/aromatic N) is 2. The van der Waals surface area contributed by atoms with Crippen molar-refractivity contribution in [2.45, 2.75) is 19.3 Å². The SMILES string of the molecule is Cc1ccccc1C(CC(=NO)c1ccnc2cc(Cl)ccc12)c1ccc(Br)cc1. The maximum Gasteiger partial charge on any atom is 0.0884 e. The van der Waals surface area contributed by atoms with Crippen LogP contribution in [-0.4, -0.2) is 15.9 Å². The molecule has 0 fully saturated rings. The zero-order valence-electron chi connectivity index (χ0n) is 16.4. The first-order chi connectivity index (χ1) is 14.6. The Labute approximate surface area is 189 Å². The molecule has 3 nitrogen and oxygen atoms in total. The van der Waals surface area contributed by atoms with Crippen molar-refractivity contribution < 1.29 is 5.21 Å². The summed E-state index contributed by atoms with van der Waals surface area (Å²) in [5, 5.41) is 15.2. The average Bonchev–Trinajstić information content (AvgIpc) is 2.76. The van der Waals surface area contributed by atoms with Gasteiger partial charge in [0.15, 0.2) is 0 Å². The minimum Gasteiger partial charge on any atom is -0.411 e. The molecule has 0 aliphatic rings. The van der Waals surface area contributed by atoms with Gasteiger partial charge in [-0.15, -0.1) is 0 Å². The molecule has 5 heteroatoms. The molecule has 1 N–H and O–H groups in total. The summed E-state index contributed by atoms with van der Waals surface area (Å²) in [6.07, 6.45) is 2.27. The van der Waals surface area contributed by atoms with E-state index in [0.29, 0.717) is 17.2 Å². The van der Waals surface area contributed by atoms with Crippen LogP contribution in [0.3, 0.4) is 0 Å². The lowest BCUT2D eigenvalue weighted by molar-refractivity contribution is 0.317. The first-order valence-corrected chi connectivity index (χ1v) is 10.8. The van der Waals surface area contributed by atoms with E-state index in [1.54, 1.807) is 6.20 Å². The van der Waals surface area contributed by atoms with Crippen LogP contribution in [0.5, 0.6) is 0 Å². The zero-order chi connectivity index (χ0) is 21.1. The fraction of sp³-hybridized carbons (Fsp3) is 0.120. The van der Waals surface area contributed by atoms with E-state index in [1.807, 2.05) is 48.5 Å². The Morgan fingerprint density at radius 1 is 1.07 bits per heavy atom. The van der Waals surface area contributed by atoms with E-state index in [4.69, 9.17) is 11.6 Å². The minimum atomic E-state index is 0.0423. The number of oxime groups is 1. The highest BCUT2D eigenvalue weighted by molar-refractivity contribution is 9.10. The van der Waals surface area contributed by atoms with Crippen LogP contribution in [0, 0.1) is 6.92 Å². The quantitative estimate of drug-likeness (QED) is 0.185. The van der Waals surface area contributed by atoms with Crippen molar-refractivity contribution in [3.8, 4) is 0 Å². The van der Waals surface area contributed by atoms with Crippen LogP contribution in [0.1, 0.15) is 34.6 Å². The molecule has 0 bridgehead atoms. The van der Waals surface area contributed by atoms with Crippen LogP contribution in [0.2, 0.25) is 5.02 Å². The van der Waals surface area contributed by atoms with Gasteiger partial charge in [-0.2, -0.15) is 0 Å². The topological polar surface area (TPSA) is 45.5 Å². The molecule has 3 aromatic carbocycles. The number of hydrogen-bond donors (Lipinski definition) is 1. The average molecular weight is 480 g/mol. The highest BCUT2D eigenvalue weighted by Gasteiger charge is 2.21. The Balaban J connectivity index is 1.81. The molecular weight excluding hydrogens is 460 g/mol. The maximum atomic E-state index is 9.98. The van der Waals surface area contributed by atoms with Gasteiger partial charge in [0.1, 0.15) is 0 Å². The number of benzene rings is 3. The normalized spacial score (nSPS) is 12.8. The number of hydrogen-bond acceptors (Lipinski definition) is 3. The molecule has 1 aromatic heterocycles. The summed E-state index contributed by atoms with van der Waals surface area (Å²) in [5.74, 6) is 0.0423. The first kappa shape index (κ1) is 20.6. The fourth-order valence-electron chi connectivity index (χ4n) is 3.85. The fourth-order valence-corrected chi connectivity index (χ4v) is 4.28.